The van der Waals surface area contributed by atoms with Gasteiger partial charge in [-0.2, -0.15) is 0 Å². The van der Waals surface area contributed by atoms with Crippen molar-refractivity contribution in [3.8, 4) is 0 Å². The molecule has 2 heterocycles. The highest BCUT2D eigenvalue weighted by atomic mass is 32.1. The summed E-state index contributed by atoms with van der Waals surface area (Å²) in [5.41, 5.74) is 2.00. The van der Waals surface area contributed by atoms with Crippen LogP contribution >= 0.6 is 11.3 Å². The number of rotatable bonds is 7. The van der Waals surface area contributed by atoms with E-state index < -0.39 is 0 Å². The second-order valence-electron chi connectivity index (χ2n) is 5.45. The van der Waals surface area contributed by atoms with E-state index in [1.807, 2.05) is 30.3 Å². The summed E-state index contributed by atoms with van der Waals surface area (Å²) in [5.74, 6) is -0.482. The quantitative estimate of drug-likeness (QED) is 0.666. The SMILES string of the molecule is O=C(Cc1csc(NC(=O)c2cnccn2)n1)NCCc1ccccc1. The molecule has 8 heteroatoms. The lowest BCUT2D eigenvalue weighted by Crippen LogP contribution is -2.27. The Morgan fingerprint density at radius 3 is 2.73 bits per heavy atom. The highest BCUT2D eigenvalue weighted by molar-refractivity contribution is 7.14. The lowest BCUT2D eigenvalue weighted by Gasteiger charge is -2.04. The van der Waals surface area contributed by atoms with Crippen molar-refractivity contribution in [1.29, 1.82) is 0 Å². The number of aromatic nitrogens is 3. The molecule has 0 aliphatic rings. The van der Waals surface area contributed by atoms with Gasteiger partial charge in [-0.1, -0.05) is 30.3 Å². The zero-order chi connectivity index (χ0) is 18.2. The van der Waals surface area contributed by atoms with Crippen molar-refractivity contribution in [3.05, 3.63) is 71.3 Å². The predicted octanol–water partition coefficient (Wildman–Crippen LogP) is 2.09. The Morgan fingerprint density at radius 2 is 1.96 bits per heavy atom. The summed E-state index contributed by atoms with van der Waals surface area (Å²) in [6.07, 6.45) is 5.27. The minimum Gasteiger partial charge on any atom is -0.355 e. The molecule has 0 spiro atoms. The molecule has 3 rings (SSSR count). The standard InChI is InChI=1S/C18H17N5O2S/c24-16(21-7-6-13-4-2-1-3-5-13)10-14-12-26-18(22-14)23-17(25)15-11-19-8-9-20-15/h1-5,8-9,11-12H,6-7,10H2,(H,21,24)(H,22,23,25). The van der Waals surface area contributed by atoms with Gasteiger partial charge in [0.25, 0.3) is 5.91 Å². The summed E-state index contributed by atoms with van der Waals surface area (Å²) >= 11 is 1.26. The van der Waals surface area contributed by atoms with E-state index >= 15 is 0 Å². The zero-order valence-corrected chi connectivity index (χ0v) is 14.7. The average molecular weight is 367 g/mol. The minimum absolute atomic E-state index is 0.0990. The van der Waals surface area contributed by atoms with Gasteiger partial charge in [0.1, 0.15) is 5.69 Å². The molecule has 0 aliphatic carbocycles. The molecule has 3 aromatic rings. The molecule has 2 N–H and O–H groups in total. The molecule has 0 atom stereocenters. The second-order valence-corrected chi connectivity index (χ2v) is 6.31. The van der Waals surface area contributed by atoms with Crippen LogP contribution in [0.2, 0.25) is 0 Å². The van der Waals surface area contributed by atoms with E-state index in [0.717, 1.165) is 6.42 Å². The van der Waals surface area contributed by atoms with Gasteiger partial charge in [0.2, 0.25) is 5.91 Å². The van der Waals surface area contributed by atoms with E-state index in [1.54, 1.807) is 5.38 Å². The third-order valence-corrected chi connectivity index (χ3v) is 4.29. The monoisotopic (exact) mass is 367 g/mol. The summed E-state index contributed by atoms with van der Waals surface area (Å²) in [6.45, 7) is 0.573. The number of carbonyl (C=O) groups is 2. The van der Waals surface area contributed by atoms with Gasteiger partial charge >= 0.3 is 0 Å². The first kappa shape index (κ1) is 17.7. The van der Waals surface area contributed by atoms with Crippen LogP contribution in [0.5, 0.6) is 0 Å². The molecule has 132 valence electrons. The molecule has 26 heavy (non-hydrogen) atoms. The van der Waals surface area contributed by atoms with E-state index in [0.29, 0.717) is 17.4 Å². The molecule has 7 nitrogen and oxygen atoms in total. The average Bonchev–Trinajstić information content (AvgIpc) is 3.10. The maximum Gasteiger partial charge on any atom is 0.277 e. The molecule has 2 aromatic heterocycles. The third kappa shape index (κ3) is 5.18. The third-order valence-electron chi connectivity index (χ3n) is 3.49. The van der Waals surface area contributed by atoms with Crippen LogP contribution in [0.25, 0.3) is 0 Å². The first-order valence-electron chi connectivity index (χ1n) is 8.03. The Balaban J connectivity index is 1.45. The van der Waals surface area contributed by atoms with Gasteiger partial charge in [0.05, 0.1) is 18.3 Å². The van der Waals surface area contributed by atoms with Crippen molar-refractivity contribution in [2.45, 2.75) is 12.8 Å². The molecule has 0 unspecified atom stereocenters. The van der Waals surface area contributed by atoms with E-state index in [2.05, 4.69) is 25.6 Å². The Hall–Kier alpha value is -3.13. The lowest BCUT2D eigenvalue weighted by atomic mass is 10.1. The first-order valence-corrected chi connectivity index (χ1v) is 8.91. The topological polar surface area (TPSA) is 96.9 Å². The number of anilines is 1. The lowest BCUT2D eigenvalue weighted by molar-refractivity contribution is -0.120. The highest BCUT2D eigenvalue weighted by Gasteiger charge is 2.12. The normalized spacial score (nSPS) is 10.3. The summed E-state index contributed by atoms with van der Waals surface area (Å²) < 4.78 is 0. The molecule has 0 fully saturated rings. The van der Waals surface area contributed by atoms with E-state index in [9.17, 15) is 9.59 Å². The van der Waals surface area contributed by atoms with E-state index in [1.165, 1.54) is 35.5 Å². The number of hydrogen-bond donors (Lipinski definition) is 2. The van der Waals surface area contributed by atoms with Crippen LogP contribution in [0.1, 0.15) is 21.7 Å². The fourth-order valence-electron chi connectivity index (χ4n) is 2.24. The molecule has 0 aliphatic heterocycles. The van der Waals surface area contributed by atoms with E-state index in [-0.39, 0.29) is 23.9 Å². The molecule has 1 aromatic carbocycles. The van der Waals surface area contributed by atoms with Crippen LogP contribution in [0.15, 0.2) is 54.3 Å². The minimum atomic E-state index is -0.383. The molecule has 0 radical (unpaired) electrons. The van der Waals surface area contributed by atoms with Crippen LogP contribution in [0, 0.1) is 0 Å². The molecule has 0 saturated carbocycles. The van der Waals surface area contributed by atoms with Gasteiger partial charge in [-0.25, -0.2) is 9.97 Å². The molecular formula is C18H17N5O2S. The van der Waals surface area contributed by atoms with Crippen LogP contribution in [-0.2, 0) is 17.6 Å². The second kappa shape index (κ2) is 8.82. The Bertz CT molecular complexity index is 868. The van der Waals surface area contributed by atoms with Crippen LogP contribution in [0.3, 0.4) is 0 Å². The number of amides is 2. The summed E-state index contributed by atoms with van der Waals surface area (Å²) in [7, 11) is 0. The number of nitrogens with one attached hydrogen (secondary N) is 2. The van der Waals surface area contributed by atoms with Crippen LogP contribution in [0.4, 0.5) is 5.13 Å². The maximum absolute atomic E-state index is 12.0. The van der Waals surface area contributed by atoms with Gasteiger partial charge < -0.3 is 5.32 Å². The molecule has 2 amide bonds. The fraction of sp³-hybridized carbons (Fsp3) is 0.167. The van der Waals surface area contributed by atoms with Crippen molar-refractivity contribution in [2.24, 2.45) is 0 Å². The molecule has 0 bridgehead atoms. The largest absolute Gasteiger partial charge is 0.355 e. The van der Waals surface area contributed by atoms with Crippen LogP contribution in [-0.4, -0.2) is 33.3 Å². The van der Waals surface area contributed by atoms with Crippen molar-refractivity contribution in [2.75, 3.05) is 11.9 Å². The molecular weight excluding hydrogens is 350 g/mol. The van der Waals surface area contributed by atoms with E-state index in [4.69, 9.17) is 0 Å². The van der Waals surface area contributed by atoms with Crippen molar-refractivity contribution in [1.82, 2.24) is 20.3 Å². The Labute approximate surface area is 154 Å². The fourth-order valence-corrected chi connectivity index (χ4v) is 2.95. The number of benzene rings is 1. The number of thiazole rings is 1. The number of nitrogens with zero attached hydrogens (tertiary/aromatic N) is 3. The van der Waals surface area contributed by atoms with Gasteiger partial charge in [-0.15, -0.1) is 11.3 Å². The first-order chi connectivity index (χ1) is 12.7. The number of hydrogen-bond acceptors (Lipinski definition) is 6. The molecule has 0 saturated heterocycles. The Morgan fingerprint density at radius 1 is 1.12 bits per heavy atom. The summed E-state index contributed by atoms with van der Waals surface area (Å²) in [5, 5.41) is 7.70. The maximum atomic E-state index is 12.0. The van der Waals surface area contributed by atoms with Gasteiger partial charge in [0.15, 0.2) is 5.13 Å². The highest BCUT2D eigenvalue weighted by Crippen LogP contribution is 2.16. The Kier molecular flexibility index (Phi) is 6.00. The van der Waals surface area contributed by atoms with Gasteiger partial charge in [0, 0.05) is 24.3 Å². The zero-order valence-electron chi connectivity index (χ0n) is 13.9. The van der Waals surface area contributed by atoms with Gasteiger partial charge in [-0.05, 0) is 12.0 Å². The summed E-state index contributed by atoms with van der Waals surface area (Å²) in [4.78, 5) is 36.0. The number of carbonyl (C=O) groups excluding carboxylic acids is 2. The summed E-state index contributed by atoms with van der Waals surface area (Å²) in [6, 6.07) is 9.97. The van der Waals surface area contributed by atoms with Gasteiger partial charge in [-0.3, -0.25) is 19.9 Å². The van der Waals surface area contributed by atoms with Crippen molar-refractivity contribution >= 4 is 28.3 Å². The smallest absolute Gasteiger partial charge is 0.277 e. The van der Waals surface area contributed by atoms with Crippen molar-refractivity contribution < 1.29 is 9.59 Å². The predicted molar refractivity (Wildman–Crippen MR) is 99.0 cm³/mol. The van der Waals surface area contributed by atoms with Crippen molar-refractivity contribution in [3.63, 3.8) is 0 Å². The van der Waals surface area contributed by atoms with Crippen LogP contribution < -0.4 is 10.6 Å².